The van der Waals surface area contributed by atoms with Crippen LogP contribution in [0, 0.1) is 11.8 Å². The molecule has 3 atom stereocenters. The third kappa shape index (κ3) is 1.69. The lowest BCUT2D eigenvalue weighted by Crippen LogP contribution is -2.18. The minimum atomic E-state index is 0.333. The maximum absolute atomic E-state index is 5.55. The van der Waals surface area contributed by atoms with Crippen LogP contribution >= 0.6 is 0 Å². The molecule has 1 N–H and O–H groups in total. The number of hydrogen-bond acceptors (Lipinski definition) is 4. The zero-order valence-corrected chi connectivity index (χ0v) is 10.8. The van der Waals surface area contributed by atoms with Crippen LogP contribution < -0.4 is 5.32 Å². The summed E-state index contributed by atoms with van der Waals surface area (Å²) in [6, 6.07) is 0.333. The fourth-order valence-electron chi connectivity index (χ4n) is 4.18. The van der Waals surface area contributed by atoms with Crippen molar-refractivity contribution in [3.05, 3.63) is 11.7 Å². The lowest BCUT2D eigenvalue weighted by molar-refractivity contribution is 0.300. The Morgan fingerprint density at radius 2 is 1.94 bits per heavy atom. The molecule has 1 aliphatic heterocycles. The maximum atomic E-state index is 5.55. The molecule has 3 aliphatic rings. The summed E-state index contributed by atoms with van der Waals surface area (Å²) in [4.78, 5) is 4.69. The van der Waals surface area contributed by atoms with Gasteiger partial charge < -0.3 is 9.84 Å². The number of hydrogen-bond donors (Lipinski definition) is 1. The second-order valence-electron chi connectivity index (χ2n) is 6.21. The van der Waals surface area contributed by atoms with Gasteiger partial charge in [-0.3, -0.25) is 0 Å². The number of aromatic nitrogens is 2. The molecule has 1 aromatic heterocycles. The average Bonchev–Trinajstić information content (AvgIpc) is 3.13. The Bertz CT molecular complexity index is 424. The molecule has 0 aromatic carbocycles. The van der Waals surface area contributed by atoms with Crippen molar-refractivity contribution in [2.45, 2.75) is 56.9 Å². The van der Waals surface area contributed by atoms with Crippen molar-refractivity contribution < 1.29 is 4.52 Å². The van der Waals surface area contributed by atoms with E-state index in [1.165, 1.54) is 44.9 Å². The Balaban J connectivity index is 1.54. The van der Waals surface area contributed by atoms with Gasteiger partial charge in [0, 0.05) is 5.92 Å². The summed E-state index contributed by atoms with van der Waals surface area (Å²) in [7, 11) is 0. The van der Waals surface area contributed by atoms with E-state index in [-0.39, 0.29) is 0 Å². The quantitative estimate of drug-likeness (QED) is 0.873. The Morgan fingerprint density at radius 3 is 2.83 bits per heavy atom. The van der Waals surface area contributed by atoms with Gasteiger partial charge in [-0.05, 0) is 44.1 Å². The molecule has 2 heterocycles. The Labute approximate surface area is 108 Å². The smallest absolute Gasteiger partial charge is 0.244 e. The SMILES string of the molecule is C1CCC(c2noc(C3NCC4CCCC43)n2)C1. The summed E-state index contributed by atoms with van der Waals surface area (Å²) in [5, 5.41) is 7.81. The van der Waals surface area contributed by atoms with Crippen molar-refractivity contribution in [1.29, 1.82) is 0 Å². The largest absolute Gasteiger partial charge is 0.338 e. The van der Waals surface area contributed by atoms with Crippen LogP contribution in [-0.2, 0) is 0 Å². The molecule has 0 radical (unpaired) electrons. The first-order valence-corrected chi connectivity index (χ1v) is 7.49. The van der Waals surface area contributed by atoms with Crippen molar-refractivity contribution in [2.75, 3.05) is 6.54 Å². The molecule has 1 aromatic rings. The fourth-order valence-corrected chi connectivity index (χ4v) is 4.18. The minimum Gasteiger partial charge on any atom is -0.338 e. The second kappa shape index (κ2) is 4.34. The summed E-state index contributed by atoms with van der Waals surface area (Å²) >= 11 is 0. The van der Waals surface area contributed by atoms with Crippen LogP contribution in [-0.4, -0.2) is 16.7 Å². The van der Waals surface area contributed by atoms with Crippen LogP contribution in [0.1, 0.15) is 68.6 Å². The molecule has 4 rings (SSSR count). The van der Waals surface area contributed by atoms with Crippen molar-refractivity contribution in [2.24, 2.45) is 11.8 Å². The minimum absolute atomic E-state index is 0.333. The number of nitrogens with one attached hydrogen (secondary N) is 1. The zero-order chi connectivity index (χ0) is 11.9. The molecule has 98 valence electrons. The first kappa shape index (κ1) is 11.0. The van der Waals surface area contributed by atoms with Crippen molar-refractivity contribution in [3.63, 3.8) is 0 Å². The Morgan fingerprint density at radius 1 is 1.06 bits per heavy atom. The van der Waals surface area contributed by atoms with Gasteiger partial charge in [-0.15, -0.1) is 0 Å². The summed E-state index contributed by atoms with van der Waals surface area (Å²) < 4.78 is 5.55. The van der Waals surface area contributed by atoms with Crippen LogP contribution in [0.25, 0.3) is 0 Å². The van der Waals surface area contributed by atoms with Gasteiger partial charge in [0.25, 0.3) is 0 Å². The summed E-state index contributed by atoms with van der Waals surface area (Å²) in [6.45, 7) is 1.14. The van der Waals surface area contributed by atoms with Gasteiger partial charge in [0.2, 0.25) is 5.89 Å². The molecule has 0 amide bonds. The van der Waals surface area contributed by atoms with Gasteiger partial charge in [-0.25, -0.2) is 0 Å². The van der Waals surface area contributed by atoms with E-state index in [9.17, 15) is 0 Å². The molecule has 4 heteroatoms. The molecule has 2 saturated carbocycles. The highest BCUT2D eigenvalue weighted by Crippen LogP contribution is 2.44. The van der Waals surface area contributed by atoms with E-state index in [4.69, 9.17) is 9.51 Å². The molecule has 2 aliphatic carbocycles. The lowest BCUT2D eigenvalue weighted by atomic mass is 9.94. The number of rotatable bonds is 2. The summed E-state index contributed by atoms with van der Waals surface area (Å²) in [5.41, 5.74) is 0. The standard InChI is InChI=1S/C14H21N3O/c1-2-5-9(4-1)13-16-14(18-17-13)12-11-7-3-6-10(11)8-15-12/h9-12,15H,1-8H2. The molecule has 1 saturated heterocycles. The van der Waals surface area contributed by atoms with Crippen molar-refractivity contribution >= 4 is 0 Å². The van der Waals surface area contributed by atoms with E-state index in [0.717, 1.165) is 30.1 Å². The molecule has 3 fully saturated rings. The first-order valence-electron chi connectivity index (χ1n) is 7.49. The predicted molar refractivity (Wildman–Crippen MR) is 67.1 cm³/mol. The number of nitrogens with zero attached hydrogens (tertiary/aromatic N) is 2. The Hall–Kier alpha value is -0.900. The highest BCUT2D eigenvalue weighted by molar-refractivity contribution is 5.06. The summed E-state index contributed by atoms with van der Waals surface area (Å²) in [5.74, 6) is 3.96. The average molecular weight is 247 g/mol. The predicted octanol–water partition coefficient (Wildman–Crippen LogP) is 2.79. The fraction of sp³-hybridized carbons (Fsp3) is 0.857. The van der Waals surface area contributed by atoms with Crippen molar-refractivity contribution in [1.82, 2.24) is 15.5 Å². The van der Waals surface area contributed by atoms with Crippen LogP contribution in [0.4, 0.5) is 0 Å². The molecule has 0 spiro atoms. The van der Waals surface area contributed by atoms with E-state index in [2.05, 4.69) is 10.5 Å². The van der Waals surface area contributed by atoms with Crippen LogP contribution in [0.2, 0.25) is 0 Å². The highest BCUT2D eigenvalue weighted by atomic mass is 16.5. The molecule has 0 bridgehead atoms. The van der Waals surface area contributed by atoms with Gasteiger partial charge in [-0.2, -0.15) is 4.98 Å². The van der Waals surface area contributed by atoms with Gasteiger partial charge in [0.15, 0.2) is 5.82 Å². The van der Waals surface area contributed by atoms with E-state index < -0.39 is 0 Å². The van der Waals surface area contributed by atoms with Crippen LogP contribution in [0.15, 0.2) is 4.52 Å². The normalized spacial score (nSPS) is 36.3. The van der Waals surface area contributed by atoms with Gasteiger partial charge in [0.1, 0.15) is 0 Å². The van der Waals surface area contributed by atoms with Gasteiger partial charge in [-0.1, -0.05) is 24.4 Å². The number of fused-ring (bicyclic) bond motifs is 1. The maximum Gasteiger partial charge on any atom is 0.244 e. The third-order valence-corrected chi connectivity index (χ3v) is 5.19. The lowest BCUT2D eigenvalue weighted by Gasteiger charge is -2.13. The highest BCUT2D eigenvalue weighted by Gasteiger charge is 2.42. The molecular formula is C14H21N3O. The monoisotopic (exact) mass is 247 g/mol. The van der Waals surface area contributed by atoms with E-state index >= 15 is 0 Å². The van der Waals surface area contributed by atoms with Crippen LogP contribution in [0.5, 0.6) is 0 Å². The van der Waals surface area contributed by atoms with Gasteiger partial charge >= 0.3 is 0 Å². The zero-order valence-electron chi connectivity index (χ0n) is 10.8. The summed E-state index contributed by atoms with van der Waals surface area (Å²) in [6.07, 6.45) is 9.19. The van der Waals surface area contributed by atoms with Crippen LogP contribution in [0.3, 0.4) is 0 Å². The van der Waals surface area contributed by atoms with E-state index in [0.29, 0.717) is 12.0 Å². The molecule has 4 nitrogen and oxygen atoms in total. The third-order valence-electron chi connectivity index (χ3n) is 5.19. The second-order valence-corrected chi connectivity index (χ2v) is 6.21. The van der Waals surface area contributed by atoms with Gasteiger partial charge in [0.05, 0.1) is 6.04 Å². The van der Waals surface area contributed by atoms with Crippen molar-refractivity contribution in [3.8, 4) is 0 Å². The molecular weight excluding hydrogens is 226 g/mol. The molecule has 3 unspecified atom stereocenters. The first-order chi connectivity index (χ1) is 8.92. The molecule has 18 heavy (non-hydrogen) atoms. The topological polar surface area (TPSA) is 51.0 Å². The van der Waals surface area contributed by atoms with E-state index in [1.54, 1.807) is 0 Å². The van der Waals surface area contributed by atoms with E-state index in [1.807, 2.05) is 0 Å². The Kier molecular flexibility index (Phi) is 2.64.